The number of nitrogens with one attached hydrogen (secondary N) is 1. The maximum atomic E-state index is 12.0. The quantitative estimate of drug-likeness (QED) is 0.667. The lowest BCUT2D eigenvalue weighted by molar-refractivity contribution is -0.135. The summed E-state index contributed by atoms with van der Waals surface area (Å²) in [6.07, 6.45) is 7.47. The van der Waals surface area contributed by atoms with Crippen LogP contribution in [0.3, 0.4) is 0 Å². The summed E-state index contributed by atoms with van der Waals surface area (Å²) >= 11 is 0. The number of rotatable bonds is 3. The van der Waals surface area contributed by atoms with Crippen molar-refractivity contribution >= 4 is 11.9 Å². The van der Waals surface area contributed by atoms with E-state index in [1.54, 1.807) is 0 Å². The fraction of sp³-hybridized carbons (Fsp3) is 0.619. The Morgan fingerprint density at radius 1 is 1.31 bits per heavy atom. The van der Waals surface area contributed by atoms with Crippen LogP contribution in [0, 0.1) is 5.92 Å². The number of carbonyl (C=O) groups excluding carboxylic acids is 2. The van der Waals surface area contributed by atoms with Crippen molar-refractivity contribution in [2.75, 3.05) is 20.1 Å². The molecule has 0 aromatic heterocycles. The van der Waals surface area contributed by atoms with Crippen molar-refractivity contribution < 1.29 is 14.3 Å². The molecule has 0 radical (unpaired) electrons. The highest BCUT2D eigenvalue weighted by Crippen LogP contribution is 2.55. The minimum Gasteiger partial charge on any atom is -0.425 e. The van der Waals surface area contributed by atoms with E-state index < -0.39 is 5.97 Å². The van der Waals surface area contributed by atoms with Crippen molar-refractivity contribution in [2.45, 2.75) is 56.9 Å². The molecule has 3 aliphatic rings. The first kappa shape index (κ1) is 17.5. The molecule has 1 aromatic carbocycles. The Balaban J connectivity index is 1.63. The van der Waals surface area contributed by atoms with Crippen LogP contribution in [0.15, 0.2) is 18.2 Å². The van der Waals surface area contributed by atoms with E-state index in [1.807, 2.05) is 6.07 Å². The van der Waals surface area contributed by atoms with Gasteiger partial charge in [-0.05, 0) is 68.5 Å². The fourth-order valence-corrected chi connectivity index (χ4v) is 5.60. The Morgan fingerprint density at radius 2 is 2.15 bits per heavy atom. The minimum absolute atomic E-state index is 0.0902. The molecule has 1 heterocycles. The number of esters is 1. The van der Waals surface area contributed by atoms with E-state index in [4.69, 9.17) is 4.74 Å². The van der Waals surface area contributed by atoms with E-state index in [0.717, 1.165) is 13.0 Å². The van der Waals surface area contributed by atoms with Gasteiger partial charge in [-0.3, -0.25) is 4.79 Å². The summed E-state index contributed by atoms with van der Waals surface area (Å²) in [5.74, 6) is 0.673. The molecular weight excluding hydrogens is 328 g/mol. The molecule has 140 valence electrons. The Labute approximate surface area is 155 Å². The van der Waals surface area contributed by atoms with Gasteiger partial charge >= 0.3 is 5.97 Å². The standard InChI is InChI=1S/C21H28N2O3/c1-14(24)22-13-20(25)26-16-7-6-15-11-19-17-5-3-4-8-21(17,18(15)12-16)9-10-23(19)2/h6-7,12,17,19H,3-5,8-11,13H2,1-2H3,(H,22,24)/t17-,19+,21+/m0/s1. The summed E-state index contributed by atoms with van der Waals surface area (Å²) < 4.78 is 5.50. The van der Waals surface area contributed by atoms with Crippen LogP contribution in [0.4, 0.5) is 0 Å². The molecule has 0 unspecified atom stereocenters. The fourth-order valence-electron chi connectivity index (χ4n) is 5.60. The third-order valence-electron chi connectivity index (χ3n) is 6.80. The first-order valence-corrected chi connectivity index (χ1v) is 9.78. The van der Waals surface area contributed by atoms with Crippen LogP contribution in [0.5, 0.6) is 5.75 Å². The summed E-state index contributed by atoms with van der Waals surface area (Å²) in [4.78, 5) is 25.5. The van der Waals surface area contributed by atoms with Crippen LogP contribution in [0.1, 0.15) is 50.2 Å². The monoisotopic (exact) mass is 356 g/mol. The van der Waals surface area contributed by atoms with Crippen LogP contribution in [-0.4, -0.2) is 43.0 Å². The van der Waals surface area contributed by atoms with Crippen LogP contribution in [0.2, 0.25) is 0 Å². The second-order valence-electron chi connectivity index (χ2n) is 8.21. The highest BCUT2D eigenvalue weighted by molar-refractivity contribution is 5.81. The Bertz CT molecular complexity index is 732. The minimum atomic E-state index is -0.421. The van der Waals surface area contributed by atoms with Gasteiger partial charge < -0.3 is 15.0 Å². The van der Waals surface area contributed by atoms with Crippen molar-refractivity contribution in [2.24, 2.45) is 5.92 Å². The third kappa shape index (κ3) is 2.92. The predicted molar refractivity (Wildman–Crippen MR) is 99.1 cm³/mol. The summed E-state index contributed by atoms with van der Waals surface area (Å²) in [5, 5.41) is 2.49. The summed E-state index contributed by atoms with van der Waals surface area (Å²) in [6.45, 7) is 2.45. The van der Waals surface area contributed by atoms with Gasteiger partial charge in [-0.2, -0.15) is 0 Å². The average molecular weight is 356 g/mol. The van der Waals surface area contributed by atoms with E-state index in [2.05, 4.69) is 29.4 Å². The van der Waals surface area contributed by atoms with Crippen molar-refractivity contribution in [3.8, 4) is 5.75 Å². The maximum Gasteiger partial charge on any atom is 0.330 e. The van der Waals surface area contributed by atoms with E-state index in [0.29, 0.717) is 17.7 Å². The zero-order chi connectivity index (χ0) is 18.3. The predicted octanol–water partition coefficient (Wildman–Crippen LogP) is 2.42. The Morgan fingerprint density at radius 3 is 2.96 bits per heavy atom. The molecule has 5 nitrogen and oxygen atoms in total. The van der Waals surface area contributed by atoms with Crippen LogP contribution >= 0.6 is 0 Å². The van der Waals surface area contributed by atoms with Crippen LogP contribution in [-0.2, 0) is 21.4 Å². The lowest BCUT2D eigenvalue weighted by Crippen LogP contribution is -2.59. The molecule has 5 heteroatoms. The topological polar surface area (TPSA) is 58.6 Å². The lowest BCUT2D eigenvalue weighted by atomic mass is 9.52. The normalized spacial score (nSPS) is 30.1. The molecule has 1 saturated carbocycles. The number of hydrogen-bond donors (Lipinski definition) is 1. The molecule has 3 atom stereocenters. The number of fused-ring (bicyclic) bond motifs is 1. The third-order valence-corrected chi connectivity index (χ3v) is 6.80. The molecule has 1 saturated heterocycles. The van der Waals surface area contributed by atoms with Gasteiger partial charge in [0.2, 0.25) is 5.91 Å². The molecular formula is C21H28N2O3. The lowest BCUT2D eigenvalue weighted by Gasteiger charge is -2.58. The number of likely N-dealkylation sites (N-methyl/N-ethyl adjacent to an activating group) is 1. The summed E-state index contributed by atoms with van der Waals surface area (Å²) in [7, 11) is 2.27. The molecule has 4 rings (SSSR count). The molecule has 0 spiro atoms. The van der Waals surface area contributed by atoms with E-state index >= 15 is 0 Å². The highest BCUT2D eigenvalue weighted by Gasteiger charge is 2.53. The molecule has 26 heavy (non-hydrogen) atoms. The van der Waals surface area contributed by atoms with Crippen molar-refractivity contribution in [3.63, 3.8) is 0 Å². The van der Waals surface area contributed by atoms with Gasteiger partial charge in [0, 0.05) is 18.4 Å². The molecule has 2 aliphatic carbocycles. The number of benzene rings is 1. The van der Waals surface area contributed by atoms with Crippen molar-refractivity contribution in [1.29, 1.82) is 0 Å². The van der Waals surface area contributed by atoms with Gasteiger partial charge in [-0.1, -0.05) is 18.9 Å². The second-order valence-corrected chi connectivity index (χ2v) is 8.21. The Hall–Kier alpha value is -1.88. The highest BCUT2D eigenvalue weighted by atomic mass is 16.5. The Kier molecular flexibility index (Phi) is 4.51. The molecule has 1 aliphatic heterocycles. The van der Waals surface area contributed by atoms with Crippen LogP contribution < -0.4 is 10.1 Å². The number of ether oxygens (including phenoxy) is 1. The smallest absolute Gasteiger partial charge is 0.330 e. The number of likely N-dealkylation sites (tertiary alicyclic amines) is 1. The summed E-state index contributed by atoms with van der Waals surface area (Å²) in [6, 6.07) is 6.81. The number of carbonyl (C=O) groups is 2. The first-order chi connectivity index (χ1) is 12.5. The number of hydrogen-bond acceptors (Lipinski definition) is 4. The van der Waals surface area contributed by atoms with Gasteiger partial charge in [-0.25, -0.2) is 4.79 Å². The van der Waals surface area contributed by atoms with Crippen LogP contribution in [0.25, 0.3) is 0 Å². The maximum absolute atomic E-state index is 12.0. The number of piperidine rings is 1. The largest absolute Gasteiger partial charge is 0.425 e. The second kappa shape index (κ2) is 6.69. The number of amides is 1. The van der Waals surface area contributed by atoms with Crippen molar-refractivity contribution in [3.05, 3.63) is 29.3 Å². The van der Waals surface area contributed by atoms with Gasteiger partial charge in [0.15, 0.2) is 0 Å². The molecule has 1 amide bonds. The zero-order valence-electron chi connectivity index (χ0n) is 15.7. The van der Waals surface area contributed by atoms with E-state index in [-0.39, 0.29) is 17.9 Å². The van der Waals surface area contributed by atoms with Crippen molar-refractivity contribution in [1.82, 2.24) is 10.2 Å². The van der Waals surface area contributed by atoms with Gasteiger partial charge in [-0.15, -0.1) is 0 Å². The molecule has 2 bridgehead atoms. The molecule has 1 aromatic rings. The first-order valence-electron chi connectivity index (χ1n) is 9.78. The van der Waals surface area contributed by atoms with E-state index in [9.17, 15) is 9.59 Å². The molecule has 1 N–H and O–H groups in total. The van der Waals surface area contributed by atoms with E-state index in [1.165, 1.54) is 50.2 Å². The summed E-state index contributed by atoms with van der Waals surface area (Å²) in [5.41, 5.74) is 3.08. The number of nitrogens with zero attached hydrogens (tertiary/aromatic N) is 1. The zero-order valence-corrected chi connectivity index (χ0v) is 15.7. The average Bonchev–Trinajstić information content (AvgIpc) is 2.63. The molecule has 2 fully saturated rings. The van der Waals surface area contributed by atoms with Gasteiger partial charge in [0.1, 0.15) is 12.3 Å². The SMILES string of the molecule is CC(=O)NCC(=O)Oc1ccc2c(c1)[C@@]13CCCC[C@H]1[C@@H](C2)N(C)CC3. The van der Waals surface area contributed by atoms with Gasteiger partial charge in [0.25, 0.3) is 0 Å². The van der Waals surface area contributed by atoms with Gasteiger partial charge in [0.05, 0.1) is 0 Å².